The second-order valence-corrected chi connectivity index (χ2v) is 12.3. The Bertz CT molecular complexity index is 1790. The van der Waals surface area contributed by atoms with Crippen molar-refractivity contribution in [1.29, 1.82) is 0 Å². The summed E-state index contributed by atoms with van der Waals surface area (Å²) in [5, 5.41) is 51.3. The molecule has 3 amide bonds. The van der Waals surface area contributed by atoms with Crippen molar-refractivity contribution in [3.63, 3.8) is 0 Å². The molecule has 46 heavy (non-hydrogen) atoms. The van der Waals surface area contributed by atoms with Crippen LogP contribution in [-0.2, 0) is 31.1 Å². The van der Waals surface area contributed by atoms with Crippen molar-refractivity contribution in [2.45, 2.75) is 16.6 Å². The number of thioether (sulfide) groups is 2. The third-order valence-electron chi connectivity index (χ3n) is 6.23. The number of carbonyl (C=O) groups is 4. The number of amides is 3. The number of nitrogens with zero attached hydrogens (tertiary/aromatic N) is 8. The van der Waals surface area contributed by atoms with E-state index in [4.69, 9.17) is 10.6 Å². The minimum Gasteiger partial charge on any atom is -0.504 e. The topological polar surface area (TPSA) is 273 Å². The highest BCUT2D eigenvalue weighted by molar-refractivity contribution is 8.01. The SMILES string of the molecule is Cn1nnnc1SCC1=C(C(=O)O)N2C(=O)C(NC(=O)C(=NOCC(=O)NN=Cc3ccc(O)c(O)c3)c3csc(N)n3)[C@@H]2SC1. The number of rotatable bonds is 12. The van der Waals surface area contributed by atoms with E-state index in [0.29, 0.717) is 16.3 Å². The molecule has 2 atom stereocenters. The molecule has 0 saturated carbocycles. The zero-order valence-electron chi connectivity index (χ0n) is 23.4. The number of fused-ring (bicyclic) bond motifs is 1. The standard InChI is InChI=1S/C24H23N11O8S3/c1-34-24(30-32-33-34)46-8-11-7-44-21-17(20(40)35(21)18(11)22(41)42)28-19(39)16(12-9-45-23(25)27-12)31-43-6-15(38)29-26-5-10-2-3-13(36)14(37)4-10/h2-5,9,17,21,36-37H,6-8H2,1H3,(H2,25,27)(H,28,39)(H,29,38)(H,41,42)/t17?,21-/m0/s1. The lowest BCUT2D eigenvalue weighted by atomic mass is 10.0. The van der Waals surface area contributed by atoms with Gasteiger partial charge in [0, 0.05) is 23.9 Å². The number of aryl methyl sites for hydroxylation is 1. The Balaban J connectivity index is 1.22. The molecule has 3 aromatic rings. The van der Waals surface area contributed by atoms with Gasteiger partial charge in [-0.25, -0.2) is 19.9 Å². The van der Waals surface area contributed by atoms with Gasteiger partial charge in [-0.15, -0.1) is 28.2 Å². The first-order chi connectivity index (χ1) is 22.0. The molecule has 19 nitrogen and oxygen atoms in total. The van der Waals surface area contributed by atoms with Crippen LogP contribution in [0.1, 0.15) is 11.3 Å². The predicted octanol–water partition coefficient (Wildman–Crippen LogP) is -0.938. The molecule has 7 N–H and O–H groups in total. The summed E-state index contributed by atoms with van der Waals surface area (Å²) >= 11 is 3.52. The lowest BCUT2D eigenvalue weighted by Crippen LogP contribution is -2.71. The van der Waals surface area contributed by atoms with Gasteiger partial charge in [-0.3, -0.25) is 19.3 Å². The quantitative estimate of drug-likeness (QED) is 0.0440. The van der Waals surface area contributed by atoms with E-state index in [1.807, 2.05) is 0 Å². The van der Waals surface area contributed by atoms with Crippen molar-refractivity contribution in [2.24, 2.45) is 17.3 Å². The van der Waals surface area contributed by atoms with Gasteiger partial charge in [-0.1, -0.05) is 16.9 Å². The highest BCUT2D eigenvalue weighted by Crippen LogP contribution is 2.41. The van der Waals surface area contributed by atoms with Gasteiger partial charge in [0.05, 0.1) is 6.21 Å². The first-order valence-corrected chi connectivity index (χ1v) is 15.8. The summed E-state index contributed by atoms with van der Waals surface area (Å²) in [6.45, 7) is -0.666. The number of tetrazole rings is 1. The van der Waals surface area contributed by atoms with Gasteiger partial charge >= 0.3 is 5.97 Å². The molecule has 1 saturated heterocycles. The molecule has 0 spiro atoms. The molecule has 5 rings (SSSR count). The number of β-lactam (4-membered cyclic amide) rings is 1. The summed E-state index contributed by atoms with van der Waals surface area (Å²) in [4.78, 5) is 61.0. The van der Waals surface area contributed by atoms with E-state index in [2.05, 4.69) is 41.5 Å². The number of nitrogens with one attached hydrogen (secondary N) is 2. The number of aromatic hydroxyl groups is 2. The number of anilines is 1. The van der Waals surface area contributed by atoms with Crippen molar-refractivity contribution in [1.82, 2.24) is 40.8 Å². The molecular weight excluding hydrogens is 667 g/mol. The van der Waals surface area contributed by atoms with Gasteiger partial charge in [-0.2, -0.15) is 5.10 Å². The fourth-order valence-electron chi connectivity index (χ4n) is 4.09. The largest absolute Gasteiger partial charge is 0.504 e. The molecule has 0 bridgehead atoms. The Morgan fingerprint density at radius 1 is 1.28 bits per heavy atom. The average Bonchev–Trinajstić information content (AvgIpc) is 3.65. The van der Waals surface area contributed by atoms with E-state index < -0.39 is 41.7 Å². The Morgan fingerprint density at radius 2 is 2.09 bits per heavy atom. The number of hydrogen-bond donors (Lipinski definition) is 6. The second-order valence-electron chi connectivity index (χ2n) is 9.32. The lowest BCUT2D eigenvalue weighted by molar-refractivity contribution is -0.150. The molecule has 22 heteroatoms. The molecule has 0 radical (unpaired) electrons. The Kier molecular flexibility index (Phi) is 9.67. The minimum atomic E-state index is -1.28. The maximum absolute atomic E-state index is 13.3. The summed E-state index contributed by atoms with van der Waals surface area (Å²) in [6, 6.07) is 2.84. The van der Waals surface area contributed by atoms with Crippen molar-refractivity contribution < 1.29 is 39.3 Å². The van der Waals surface area contributed by atoms with Gasteiger partial charge in [0.15, 0.2) is 28.9 Å². The number of nitrogen functional groups attached to an aromatic ring is 1. The van der Waals surface area contributed by atoms with Crippen LogP contribution in [0.3, 0.4) is 0 Å². The van der Waals surface area contributed by atoms with Gasteiger partial charge < -0.3 is 31.2 Å². The molecule has 2 aliphatic rings. The number of nitrogens with two attached hydrogens (primary N) is 1. The molecule has 240 valence electrons. The van der Waals surface area contributed by atoms with Gasteiger partial charge in [0.2, 0.25) is 5.16 Å². The lowest BCUT2D eigenvalue weighted by Gasteiger charge is -2.49. The molecule has 1 fully saturated rings. The third-order valence-corrected chi connectivity index (χ3v) is 9.34. The first kappa shape index (κ1) is 32.2. The number of hydrazone groups is 1. The molecule has 1 aromatic carbocycles. The summed E-state index contributed by atoms with van der Waals surface area (Å²) in [7, 11) is 1.65. The van der Waals surface area contributed by atoms with E-state index in [-0.39, 0.29) is 45.2 Å². The first-order valence-electron chi connectivity index (χ1n) is 12.8. The fourth-order valence-corrected chi connectivity index (χ4v) is 6.97. The van der Waals surface area contributed by atoms with Crippen LogP contribution in [0.15, 0.2) is 50.3 Å². The number of aromatic nitrogens is 5. The number of carboxylic acids is 1. The van der Waals surface area contributed by atoms with Crippen molar-refractivity contribution in [2.75, 3.05) is 23.8 Å². The Hall–Kier alpha value is -5.22. The molecule has 2 aromatic heterocycles. The smallest absolute Gasteiger partial charge is 0.352 e. The van der Waals surface area contributed by atoms with E-state index >= 15 is 0 Å². The van der Waals surface area contributed by atoms with Crippen LogP contribution in [-0.4, -0.2) is 111 Å². The zero-order valence-corrected chi connectivity index (χ0v) is 25.9. The van der Waals surface area contributed by atoms with E-state index in [0.717, 1.165) is 16.2 Å². The van der Waals surface area contributed by atoms with Gasteiger partial charge in [0.25, 0.3) is 17.7 Å². The fraction of sp³-hybridized carbons (Fsp3) is 0.250. The number of benzene rings is 1. The zero-order chi connectivity index (χ0) is 33.0. The van der Waals surface area contributed by atoms with Crippen molar-refractivity contribution in [3.8, 4) is 11.5 Å². The van der Waals surface area contributed by atoms with Crippen LogP contribution >= 0.6 is 34.9 Å². The summed E-state index contributed by atoms with van der Waals surface area (Å²) in [6.07, 6.45) is 1.21. The summed E-state index contributed by atoms with van der Waals surface area (Å²) in [5.41, 5.74) is 8.25. The molecule has 0 aliphatic carbocycles. The number of phenols is 2. The minimum absolute atomic E-state index is 0.0224. The normalized spacial score (nSPS) is 17.9. The summed E-state index contributed by atoms with van der Waals surface area (Å²) < 4.78 is 1.44. The van der Waals surface area contributed by atoms with Crippen LogP contribution in [0.25, 0.3) is 0 Å². The molecule has 2 aliphatic heterocycles. The highest BCUT2D eigenvalue weighted by Gasteiger charge is 2.54. The monoisotopic (exact) mass is 689 g/mol. The summed E-state index contributed by atoms with van der Waals surface area (Å²) in [5.74, 6) is -3.71. The second kappa shape index (κ2) is 13.8. The van der Waals surface area contributed by atoms with Gasteiger partial charge in [-0.05, 0) is 39.8 Å². The van der Waals surface area contributed by atoms with Crippen molar-refractivity contribution in [3.05, 3.63) is 46.1 Å². The van der Waals surface area contributed by atoms with Gasteiger partial charge in [0.1, 0.15) is 22.8 Å². The van der Waals surface area contributed by atoms with E-state index in [1.165, 1.54) is 58.0 Å². The Morgan fingerprint density at radius 3 is 2.76 bits per heavy atom. The number of oxime groups is 1. The number of thiazole rings is 1. The average molecular weight is 690 g/mol. The third kappa shape index (κ3) is 7.02. The van der Waals surface area contributed by atoms with Crippen LogP contribution in [0.4, 0.5) is 5.13 Å². The predicted molar refractivity (Wildman–Crippen MR) is 164 cm³/mol. The number of carboxylic acid groups (broad SMARTS) is 1. The number of aliphatic carboxylic acids is 1. The van der Waals surface area contributed by atoms with Crippen molar-refractivity contribution >= 4 is 75.6 Å². The van der Waals surface area contributed by atoms with E-state index in [9.17, 15) is 34.5 Å². The van der Waals surface area contributed by atoms with Crippen LogP contribution in [0, 0.1) is 0 Å². The maximum atomic E-state index is 13.3. The number of carbonyl (C=O) groups excluding carboxylic acids is 3. The van der Waals surface area contributed by atoms with E-state index in [1.54, 1.807) is 7.05 Å². The highest BCUT2D eigenvalue weighted by atomic mass is 32.2. The number of phenolic OH excluding ortho intramolecular Hbond substituents is 2. The van der Waals surface area contributed by atoms with Crippen LogP contribution in [0.2, 0.25) is 0 Å². The Labute approximate surface area is 270 Å². The molecule has 1 unspecified atom stereocenters. The molecular formula is C24H23N11O8S3. The number of hydrogen-bond acceptors (Lipinski definition) is 17. The van der Waals surface area contributed by atoms with Crippen LogP contribution in [0.5, 0.6) is 11.5 Å². The maximum Gasteiger partial charge on any atom is 0.352 e. The molecule has 4 heterocycles. The van der Waals surface area contributed by atoms with Crippen LogP contribution < -0.4 is 16.5 Å².